The van der Waals surface area contributed by atoms with Crippen LogP contribution in [-0.4, -0.2) is 76.1 Å². The minimum atomic E-state index is -0.940. The molecule has 3 saturated heterocycles. The zero-order valence-corrected chi connectivity index (χ0v) is 13.3. The molecule has 0 aromatic heterocycles. The van der Waals surface area contributed by atoms with Crippen LogP contribution in [0.15, 0.2) is 0 Å². The molecule has 3 fully saturated rings. The third kappa shape index (κ3) is 4.24. The van der Waals surface area contributed by atoms with Crippen molar-refractivity contribution in [3.63, 3.8) is 0 Å². The van der Waals surface area contributed by atoms with E-state index in [4.69, 9.17) is 5.21 Å². The first-order valence-corrected chi connectivity index (χ1v) is 7.93. The lowest BCUT2D eigenvalue weighted by atomic mass is 9.99. The van der Waals surface area contributed by atoms with Crippen molar-refractivity contribution in [2.24, 2.45) is 5.73 Å². The summed E-state index contributed by atoms with van der Waals surface area (Å²) in [7, 11) is 0. The normalized spacial score (nSPS) is 26.5. The summed E-state index contributed by atoms with van der Waals surface area (Å²) in [6.45, 7) is 2.30. The van der Waals surface area contributed by atoms with Gasteiger partial charge in [-0.15, -0.1) is 0 Å². The van der Waals surface area contributed by atoms with Crippen LogP contribution in [0.4, 0.5) is 9.59 Å². The molecular formula is C13H24N6O5. The summed E-state index contributed by atoms with van der Waals surface area (Å²) >= 11 is 0. The Hall–Kier alpha value is -2.11. The van der Waals surface area contributed by atoms with Crippen molar-refractivity contribution in [2.75, 3.05) is 19.6 Å². The van der Waals surface area contributed by atoms with Crippen molar-refractivity contribution >= 4 is 18.0 Å². The van der Waals surface area contributed by atoms with Gasteiger partial charge < -0.3 is 21.3 Å². The first-order chi connectivity index (χ1) is 11.4. The third-order valence-electron chi connectivity index (χ3n) is 4.44. The van der Waals surface area contributed by atoms with Crippen LogP contribution in [0.2, 0.25) is 0 Å². The Labute approximate surface area is 139 Å². The van der Waals surface area contributed by atoms with Gasteiger partial charge in [-0.3, -0.25) is 15.2 Å². The highest BCUT2D eigenvalue weighted by atomic mass is 16.5. The summed E-state index contributed by atoms with van der Waals surface area (Å²) in [5.74, 6) is -0.0750. The topological polar surface area (TPSA) is 160 Å². The number of primary amides is 1. The Kier molecular flexibility index (Phi) is 6.17. The number of hydrogen-bond donors (Lipinski definition) is 6. The fourth-order valence-corrected chi connectivity index (χ4v) is 3.19. The Balaban J connectivity index is 0.000000368. The molecule has 11 heteroatoms. The maximum absolute atomic E-state index is 12.3. The quantitative estimate of drug-likeness (QED) is 0.265. The minimum absolute atomic E-state index is 0.0750. The molecule has 0 radical (unpaired) electrons. The molecule has 0 aliphatic carbocycles. The molecule has 0 aromatic carbocycles. The van der Waals surface area contributed by atoms with E-state index < -0.39 is 18.1 Å². The van der Waals surface area contributed by atoms with Gasteiger partial charge in [0.1, 0.15) is 6.04 Å². The maximum Gasteiger partial charge on any atom is 0.344 e. The number of rotatable bonds is 2. The van der Waals surface area contributed by atoms with E-state index in [1.165, 1.54) is 10.4 Å². The fourth-order valence-electron chi connectivity index (χ4n) is 3.19. The molecule has 2 atom stereocenters. The number of nitrogens with two attached hydrogens (primary N) is 1. The number of piperidine rings is 2. The largest absolute Gasteiger partial charge is 0.351 e. The molecule has 0 aromatic rings. The summed E-state index contributed by atoms with van der Waals surface area (Å²) in [5.41, 5.74) is 5.46. The van der Waals surface area contributed by atoms with Crippen LogP contribution < -0.4 is 21.8 Å². The molecule has 3 aliphatic rings. The van der Waals surface area contributed by atoms with Gasteiger partial charge in [-0.1, -0.05) is 0 Å². The molecule has 2 bridgehead atoms. The number of nitrogens with zero attached hydrogens (tertiary/aromatic N) is 2. The van der Waals surface area contributed by atoms with Crippen LogP contribution >= 0.6 is 0 Å². The minimum Gasteiger partial charge on any atom is -0.351 e. The van der Waals surface area contributed by atoms with E-state index in [1.54, 1.807) is 0 Å². The number of fused-ring (bicyclic) bond motifs is 2. The van der Waals surface area contributed by atoms with Crippen LogP contribution in [0.1, 0.15) is 25.7 Å². The maximum atomic E-state index is 12.3. The summed E-state index contributed by atoms with van der Waals surface area (Å²) in [4.78, 5) is 34.8. The summed E-state index contributed by atoms with van der Waals surface area (Å²) in [6.07, 6.45) is 3.18. The molecule has 3 aliphatic heterocycles. The number of carbonyl (C=O) groups is 3. The van der Waals surface area contributed by atoms with Crippen molar-refractivity contribution in [1.29, 1.82) is 0 Å². The summed E-state index contributed by atoms with van der Waals surface area (Å²) in [6, 6.07) is -1.74. The van der Waals surface area contributed by atoms with Crippen LogP contribution in [-0.2, 0) is 4.79 Å². The molecule has 3 rings (SSSR count). The molecule has 7 N–H and O–H groups in total. The molecule has 24 heavy (non-hydrogen) atoms. The molecule has 0 spiro atoms. The fraction of sp³-hybridized carbons (Fsp3) is 0.769. The van der Waals surface area contributed by atoms with Crippen molar-refractivity contribution in [3.8, 4) is 0 Å². The second-order valence-corrected chi connectivity index (χ2v) is 6.04. The first-order valence-electron chi connectivity index (χ1n) is 7.93. The predicted molar refractivity (Wildman–Crippen MR) is 81.1 cm³/mol. The van der Waals surface area contributed by atoms with Gasteiger partial charge in [0.25, 0.3) is 0 Å². The number of hydroxylamine groups is 3. The number of urea groups is 2. The van der Waals surface area contributed by atoms with Gasteiger partial charge in [-0.2, -0.15) is 0 Å². The zero-order chi connectivity index (χ0) is 17.7. The van der Waals surface area contributed by atoms with Gasteiger partial charge in [0.15, 0.2) is 0 Å². The van der Waals surface area contributed by atoms with Crippen LogP contribution in [0.3, 0.4) is 0 Å². The number of hydrogen-bond acceptors (Lipinski definition) is 6. The van der Waals surface area contributed by atoms with E-state index >= 15 is 0 Å². The standard InChI is InChI=1S/C12H20N4O3.CH4N2O2/c17-11(14-8-3-5-13-6-4-8)10-2-1-9-7-15(10)12(18)16(9)19;2-1(4)3-5/h8-10,13,19H,1-7H2,(H,14,17);5H,(H3,2,3,4)/t9-,10+;/m1./s1. The smallest absolute Gasteiger partial charge is 0.344 e. The highest BCUT2D eigenvalue weighted by molar-refractivity contribution is 5.88. The molecule has 11 nitrogen and oxygen atoms in total. The monoisotopic (exact) mass is 344 g/mol. The molecule has 3 heterocycles. The van der Waals surface area contributed by atoms with Gasteiger partial charge in [-0.25, -0.2) is 20.1 Å². The van der Waals surface area contributed by atoms with E-state index in [0.717, 1.165) is 31.0 Å². The predicted octanol–water partition coefficient (Wildman–Crippen LogP) is -1.44. The van der Waals surface area contributed by atoms with Gasteiger partial charge in [0, 0.05) is 12.6 Å². The highest BCUT2D eigenvalue weighted by Gasteiger charge is 2.46. The van der Waals surface area contributed by atoms with Gasteiger partial charge in [0.05, 0.1) is 6.04 Å². The van der Waals surface area contributed by atoms with Gasteiger partial charge in [-0.05, 0) is 38.8 Å². The van der Waals surface area contributed by atoms with E-state index in [9.17, 15) is 19.6 Å². The molecule has 0 saturated carbocycles. The van der Waals surface area contributed by atoms with Crippen LogP contribution in [0, 0.1) is 0 Å². The lowest BCUT2D eigenvalue weighted by molar-refractivity contribution is -0.127. The molecule has 0 unspecified atom stereocenters. The molecule has 136 valence electrons. The Bertz CT molecular complexity index is 483. The third-order valence-corrected chi connectivity index (χ3v) is 4.44. The highest BCUT2D eigenvalue weighted by Crippen LogP contribution is 2.28. The average molecular weight is 344 g/mol. The zero-order valence-electron chi connectivity index (χ0n) is 13.3. The van der Waals surface area contributed by atoms with Crippen molar-refractivity contribution in [3.05, 3.63) is 0 Å². The Morgan fingerprint density at radius 2 is 1.83 bits per heavy atom. The van der Waals surface area contributed by atoms with E-state index in [1.807, 2.05) is 0 Å². The number of amides is 5. The second kappa shape index (κ2) is 8.13. The lowest BCUT2D eigenvalue weighted by Gasteiger charge is -2.32. The second-order valence-electron chi connectivity index (χ2n) is 6.04. The number of carbonyl (C=O) groups excluding carboxylic acids is 3. The Morgan fingerprint density at radius 1 is 1.21 bits per heavy atom. The lowest BCUT2D eigenvalue weighted by Crippen LogP contribution is -2.53. The van der Waals surface area contributed by atoms with Crippen molar-refractivity contribution < 1.29 is 24.8 Å². The van der Waals surface area contributed by atoms with E-state index in [2.05, 4.69) is 16.4 Å². The number of nitrogens with one attached hydrogen (secondary N) is 3. The van der Waals surface area contributed by atoms with E-state index in [0.29, 0.717) is 19.4 Å². The van der Waals surface area contributed by atoms with Crippen molar-refractivity contribution in [1.82, 2.24) is 26.1 Å². The summed E-state index contributed by atoms with van der Waals surface area (Å²) < 4.78 is 0. The molecule has 5 amide bonds. The van der Waals surface area contributed by atoms with Crippen LogP contribution in [0.25, 0.3) is 0 Å². The molecular weight excluding hydrogens is 320 g/mol. The first kappa shape index (κ1) is 18.2. The van der Waals surface area contributed by atoms with Gasteiger partial charge in [0.2, 0.25) is 5.91 Å². The SMILES string of the molecule is NC(=O)NO.O=C(NC1CCNCC1)[C@@H]1CC[C@@H]2CN1C(=O)N2O. The van der Waals surface area contributed by atoms with Gasteiger partial charge >= 0.3 is 12.1 Å². The average Bonchev–Trinajstić information content (AvgIpc) is 2.81. The summed E-state index contributed by atoms with van der Waals surface area (Å²) in [5, 5.41) is 24.1. The van der Waals surface area contributed by atoms with E-state index in [-0.39, 0.29) is 18.0 Å². The van der Waals surface area contributed by atoms with Crippen LogP contribution in [0.5, 0.6) is 0 Å². The Morgan fingerprint density at radius 3 is 2.42 bits per heavy atom. The van der Waals surface area contributed by atoms with Crippen molar-refractivity contribution in [2.45, 2.75) is 43.8 Å².